The zero-order valence-corrected chi connectivity index (χ0v) is 24.3. The molecule has 1 amide bonds. The molecule has 1 aliphatic rings. The van der Waals surface area contributed by atoms with Gasteiger partial charge in [-0.05, 0) is 60.4 Å². The first-order valence-electron chi connectivity index (χ1n) is 12.8. The predicted molar refractivity (Wildman–Crippen MR) is 157 cm³/mol. The Hall–Kier alpha value is -3.59. The van der Waals surface area contributed by atoms with Crippen molar-refractivity contribution in [1.82, 2.24) is 0 Å². The first-order chi connectivity index (χ1) is 19.7. The minimum atomic E-state index is -4.47. The molecule has 0 spiro atoms. The Morgan fingerprint density at radius 2 is 1.61 bits per heavy atom. The SMILES string of the molecule is COc1cc2c(cc1Cl)C(CCCCl)(c1ccccc1F)C(=O)N2S(=O)(=O)c1ccc(OCc2ccccc2)cc1. The number of hydrogen-bond acceptors (Lipinski definition) is 5. The summed E-state index contributed by atoms with van der Waals surface area (Å²) in [6.45, 7) is 0.303. The van der Waals surface area contributed by atoms with E-state index in [0.29, 0.717) is 18.8 Å². The Kier molecular flexibility index (Phi) is 8.27. The van der Waals surface area contributed by atoms with Gasteiger partial charge in [-0.1, -0.05) is 60.1 Å². The monoisotopic (exact) mass is 613 g/mol. The highest BCUT2D eigenvalue weighted by molar-refractivity contribution is 7.93. The third-order valence-electron chi connectivity index (χ3n) is 7.13. The first-order valence-corrected chi connectivity index (χ1v) is 15.1. The molecule has 0 bridgehead atoms. The molecule has 0 aliphatic carbocycles. The van der Waals surface area contributed by atoms with Gasteiger partial charge < -0.3 is 9.47 Å². The van der Waals surface area contributed by atoms with Gasteiger partial charge in [-0.25, -0.2) is 17.1 Å². The van der Waals surface area contributed by atoms with Crippen molar-refractivity contribution in [1.29, 1.82) is 0 Å². The summed E-state index contributed by atoms with van der Waals surface area (Å²) in [5, 5.41) is 0.157. The minimum Gasteiger partial charge on any atom is -0.495 e. The molecule has 0 fully saturated rings. The molecular weight excluding hydrogens is 588 g/mol. The Labute approximate surface area is 248 Å². The molecule has 6 nitrogen and oxygen atoms in total. The first kappa shape index (κ1) is 28.9. The summed E-state index contributed by atoms with van der Waals surface area (Å²) in [6, 6.07) is 24.0. The second-order valence-electron chi connectivity index (χ2n) is 9.50. The van der Waals surface area contributed by atoms with Crippen molar-refractivity contribution >= 4 is 44.8 Å². The quantitative estimate of drug-likeness (QED) is 0.178. The van der Waals surface area contributed by atoms with Crippen LogP contribution in [0.2, 0.25) is 5.02 Å². The van der Waals surface area contributed by atoms with Crippen LogP contribution in [0.3, 0.4) is 0 Å². The van der Waals surface area contributed by atoms with Crippen LogP contribution in [-0.4, -0.2) is 27.3 Å². The molecule has 5 rings (SSSR count). The number of halogens is 3. The molecule has 0 saturated heterocycles. The number of alkyl halides is 1. The highest BCUT2D eigenvalue weighted by Gasteiger charge is 2.56. The molecule has 1 unspecified atom stereocenters. The van der Waals surface area contributed by atoms with Gasteiger partial charge in [0.2, 0.25) is 0 Å². The molecule has 212 valence electrons. The molecular formula is C31H26Cl2FNO5S. The highest BCUT2D eigenvalue weighted by atomic mass is 35.5. The maximum absolute atomic E-state index is 15.4. The number of anilines is 1. The van der Waals surface area contributed by atoms with Crippen LogP contribution in [0, 0.1) is 5.82 Å². The van der Waals surface area contributed by atoms with Gasteiger partial charge in [-0.15, -0.1) is 11.6 Å². The molecule has 41 heavy (non-hydrogen) atoms. The van der Waals surface area contributed by atoms with Gasteiger partial charge in [0.25, 0.3) is 15.9 Å². The largest absolute Gasteiger partial charge is 0.495 e. The van der Waals surface area contributed by atoms with E-state index in [1.807, 2.05) is 30.3 Å². The van der Waals surface area contributed by atoms with Crippen molar-refractivity contribution in [3.05, 3.63) is 119 Å². The van der Waals surface area contributed by atoms with Crippen molar-refractivity contribution in [2.24, 2.45) is 0 Å². The number of carbonyl (C=O) groups excluding carboxylic acids is 1. The third-order valence-corrected chi connectivity index (χ3v) is 9.40. The van der Waals surface area contributed by atoms with E-state index in [4.69, 9.17) is 32.7 Å². The van der Waals surface area contributed by atoms with Gasteiger partial charge in [0.05, 0.1) is 22.7 Å². The number of nitrogens with zero attached hydrogens (tertiary/aromatic N) is 1. The van der Waals surface area contributed by atoms with Crippen molar-refractivity contribution < 1.29 is 27.1 Å². The van der Waals surface area contributed by atoms with Gasteiger partial charge in [0.1, 0.15) is 29.3 Å². The highest BCUT2D eigenvalue weighted by Crippen LogP contribution is 2.53. The van der Waals surface area contributed by atoms with Crippen LogP contribution in [0.1, 0.15) is 29.5 Å². The lowest BCUT2D eigenvalue weighted by Crippen LogP contribution is -2.44. The van der Waals surface area contributed by atoms with E-state index in [-0.39, 0.29) is 44.8 Å². The number of hydrogen-bond donors (Lipinski definition) is 0. The number of fused-ring (bicyclic) bond motifs is 1. The molecule has 10 heteroatoms. The summed E-state index contributed by atoms with van der Waals surface area (Å²) in [5.41, 5.74) is -0.386. The van der Waals surface area contributed by atoms with E-state index in [1.165, 1.54) is 61.7 Å². The van der Waals surface area contributed by atoms with Crippen molar-refractivity contribution in [2.45, 2.75) is 29.8 Å². The average Bonchev–Trinajstić information content (AvgIpc) is 3.23. The van der Waals surface area contributed by atoms with Gasteiger partial charge in [-0.2, -0.15) is 0 Å². The number of sulfonamides is 1. The maximum atomic E-state index is 15.4. The van der Waals surface area contributed by atoms with Crippen LogP contribution in [-0.2, 0) is 26.8 Å². The number of carbonyl (C=O) groups is 1. The number of ether oxygens (including phenoxy) is 2. The van der Waals surface area contributed by atoms with Crippen LogP contribution in [0.25, 0.3) is 0 Å². The third kappa shape index (κ3) is 5.16. The predicted octanol–water partition coefficient (Wildman–Crippen LogP) is 7.11. The summed E-state index contributed by atoms with van der Waals surface area (Å²) >= 11 is 12.5. The molecule has 1 aliphatic heterocycles. The van der Waals surface area contributed by atoms with Crippen LogP contribution in [0.15, 0.2) is 95.9 Å². The standard InChI is InChI=1S/C31H26Cl2FNO5S/c1-39-29-19-28-25(18-26(29)33)31(16-7-17-32,24-10-5-6-11-27(24)34)30(36)35(28)41(37,38)23-14-12-22(13-15-23)40-20-21-8-3-2-4-9-21/h2-6,8-15,18-19H,7,16-17,20H2,1H3. The summed E-state index contributed by atoms with van der Waals surface area (Å²) in [6.07, 6.45) is 0.371. The zero-order chi connectivity index (χ0) is 29.2. The Morgan fingerprint density at radius 3 is 2.27 bits per heavy atom. The molecule has 4 aromatic rings. The average molecular weight is 615 g/mol. The van der Waals surface area contributed by atoms with E-state index < -0.39 is 27.2 Å². The van der Waals surface area contributed by atoms with E-state index in [2.05, 4.69) is 0 Å². The van der Waals surface area contributed by atoms with Crippen LogP contribution in [0.4, 0.5) is 10.1 Å². The van der Waals surface area contributed by atoms with Gasteiger partial charge >= 0.3 is 0 Å². The van der Waals surface area contributed by atoms with Crippen molar-refractivity contribution in [2.75, 3.05) is 17.3 Å². The Balaban J connectivity index is 1.61. The van der Waals surface area contributed by atoms with Crippen LogP contribution in [0.5, 0.6) is 11.5 Å². The van der Waals surface area contributed by atoms with Gasteiger partial charge in [0.15, 0.2) is 0 Å². The lowest BCUT2D eigenvalue weighted by Gasteiger charge is -2.29. The lowest BCUT2D eigenvalue weighted by atomic mass is 9.72. The van der Waals surface area contributed by atoms with Gasteiger partial charge in [-0.3, -0.25) is 4.79 Å². The number of methoxy groups -OCH3 is 1. The second-order valence-corrected chi connectivity index (χ2v) is 12.1. The maximum Gasteiger partial charge on any atom is 0.270 e. The molecule has 4 aromatic carbocycles. The fourth-order valence-corrected chi connectivity index (χ4v) is 7.02. The molecule has 0 radical (unpaired) electrons. The van der Waals surface area contributed by atoms with Crippen LogP contribution >= 0.6 is 23.2 Å². The zero-order valence-electron chi connectivity index (χ0n) is 22.0. The van der Waals surface area contributed by atoms with Crippen molar-refractivity contribution in [3.8, 4) is 11.5 Å². The minimum absolute atomic E-state index is 0.0403. The van der Waals surface area contributed by atoms with E-state index in [0.717, 1.165) is 9.87 Å². The van der Waals surface area contributed by atoms with Gasteiger partial charge in [0, 0.05) is 17.5 Å². The number of amides is 1. The molecule has 1 atom stereocenters. The van der Waals surface area contributed by atoms with Crippen LogP contribution < -0.4 is 13.8 Å². The smallest absolute Gasteiger partial charge is 0.270 e. The summed E-state index contributed by atoms with van der Waals surface area (Å²) in [7, 11) is -3.08. The van der Waals surface area contributed by atoms with E-state index in [1.54, 1.807) is 6.07 Å². The summed E-state index contributed by atoms with van der Waals surface area (Å²) < 4.78 is 55.5. The van der Waals surface area contributed by atoms with E-state index >= 15 is 4.39 Å². The Bertz CT molecular complexity index is 1680. The second kappa shape index (κ2) is 11.7. The fourth-order valence-electron chi connectivity index (χ4n) is 5.18. The number of benzene rings is 4. The Morgan fingerprint density at radius 1 is 0.927 bits per heavy atom. The molecule has 0 N–H and O–H groups in total. The normalized spacial score (nSPS) is 16.5. The summed E-state index contributed by atoms with van der Waals surface area (Å²) in [4.78, 5) is 14.3. The van der Waals surface area contributed by atoms with E-state index in [9.17, 15) is 13.2 Å². The number of rotatable bonds is 10. The summed E-state index contributed by atoms with van der Waals surface area (Å²) in [5.74, 6) is -0.661. The molecule has 0 saturated carbocycles. The fraction of sp³-hybridized carbons (Fsp3) is 0.194. The lowest BCUT2D eigenvalue weighted by molar-refractivity contribution is -0.121. The molecule has 1 heterocycles. The topological polar surface area (TPSA) is 72.9 Å². The molecule has 0 aromatic heterocycles. The van der Waals surface area contributed by atoms with Crippen molar-refractivity contribution in [3.63, 3.8) is 0 Å².